The summed E-state index contributed by atoms with van der Waals surface area (Å²) < 4.78 is 2.12. The molecule has 3 rings (SSSR count). The Morgan fingerprint density at radius 2 is 2.22 bits per heavy atom. The molecule has 0 bridgehead atoms. The molecule has 0 unspecified atom stereocenters. The highest BCUT2D eigenvalue weighted by Gasteiger charge is 2.18. The second kappa shape index (κ2) is 4.72. The molecule has 0 atom stereocenters. The third kappa shape index (κ3) is 2.18. The van der Waals surface area contributed by atoms with Crippen molar-refractivity contribution in [3.8, 4) is 0 Å². The molecule has 1 aromatic carbocycles. The monoisotopic (exact) mass is 242 g/mol. The fraction of sp³-hybridized carbons (Fsp3) is 0.357. The molecule has 0 aliphatic carbocycles. The Bertz CT molecular complexity index is 519. The molecule has 2 aromatic rings. The first-order valence-corrected chi connectivity index (χ1v) is 6.42. The lowest BCUT2D eigenvalue weighted by Crippen LogP contribution is -2.22. The number of hydrogen-bond donors (Lipinski definition) is 1. The van der Waals surface area contributed by atoms with Gasteiger partial charge in [-0.1, -0.05) is 0 Å². The van der Waals surface area contributed by atoms with E-state index in [4.69, 9.17) is 5.73 Å². The Hall–Kier alpha value is -1.97. The third-order valence-electron chi connectivity index (χ3n) is 3.50. The second-order valence-electron chi connectivity index (χ2n) is 4.78. The van der Waals surface area contributed by atoms with Crippen LogP contribution in [0.2, 0.25) is 0 Å². The van der Waals surface area contributed by atoms with Crippen LogP contribution in [-0.4, -0.2) is 22.6 Å². The Kier molecular flexibility index (Phi) is 2.92. The molecule has 0 amide bonds. The number of imidazole rings is 1. The van der Waals surface area contributed by atoms with Gasteiger partial charge in [0.05, 0.1) is 6.33 Å². The summed E-state index contributed by atoms with van der Waals surface area (Å²) in [7, 11) is 0. The summed E-state index contributed by atoms with van der Waals surface area (Å²) in [6.07, 6.45) is 7.97. The van der Waals surface area contributed by atoms with Crippen LogP contribution in [0.15, 0.2) is 36.9 Å². The van der Waals surface area contributed by atoms with Crippen LogP contribution in [0.3, 0.4) is 0 Å². The van der Waals surface area contributed by atoms with Gasteiger partial charge in [-0.15, -0.1) is 0 Å². The van der Waals surface area contributed by atoms with E-state index in [1.807, 2.05) is 24.8 Å². The number of aromatic nitrogens is 2. The van der Waals surface area contributed by atoms with Crippen LogP contribution >= 0.6 is 0 Å². The fourth-order valence-electron chi connectivity index (χ4n) is 2.59. The topological polar surface area (TPSA) is 47.1 Å². The Morgan fingerprint density at radius 1 is 1.28 bits per heavy atom. The molecular weight excluding hydrogens is 224 g/mol. The van der Waals surface area contributed by atoms with Gasteiger partial charge in [0.25, 0.3) is 0 Å². The first kappa shape index (κ1) is 11.1. The van der Waals surface area contributed by atoms with Crippen LogP contribution in [0.4, 0.5) is 11.4 Å². The van der Waals surface area contributed by atoms with Crippen molar-refractivity contribution in [3.63, 3.8) is 0 Å². The molecular formula is C14H18N4. The van der Waals surface area contributed by atoms with Gasteiger partial charge >= 0.3 is 0 Å². The maximum atomic E-state index is 5.81. The Morgan fingerprint density at radius 3 is 3.06 bits per heavy atom. The van der Waals surface area contributed by atoms with Gasteiger partial charge in [-0.05, 0) is 36.6 Å². The van der Waals surface area contributed by atoms with Gasteiger partial charge in [0.2, 0.25) is 0 Å². The molecule has 4 nitrogen and oxygen atoms in total. The Balaban J connectivity index is 1.59. The lowest BCUT2D eigenvalue weighted by atomic mass is 10.1. The van der Waals surface area contributed by atoms with Crippen molar-refractivity contribution in [1.29, 1.82) is 0 Å². The van der Waals surface area contributed by atoms with Crippen molar-refractivity contribution in [3.05, 3.63) is 42.5 Å². The summed E-state index contributed by atoms with van der Waals surface area (Å²) >= 11 is 0. The van der Waals surface area contributed by atoms with Gasteiger partial charge in [-0.25, -0.2) is 4.98 Å². The number of benzene rings is 1. The quantitative estimate of drug-likeness (QED) is 0.833. The zero-order valence-electron chi connectivity index (χ0n) is 10.4. The van der Waals surface area contributed by atoms with E-state index in [1.165, 1.54) is 11.3 Å². The van der Waals surface area contributed by atoms with Crippen molar-refractivity contribution in [2.24, 2.45) is 0 Å². The predicted molar refractivity (Wildman–Crippen MR) is 73.6 cm³/mol. The molecule has 18 heavy (non-hydrogen) atoms. The summed E-state index contributed by atoms with van der Waals surface area (Å²) in [6.45, 7) is 3.23. The van der Waals surface area contributed by atoms with E-state index in [2.05, 4.69) is 26.6 Å². The summed E-state index contributed by atoms with van der Waals surface area (Å²) in [5, 5.41) is 0. The first-order valence-electron chi connectivity index (χ1n) is 6.42. The van der Waals surface area contributed by atoms with E-state index in [9.17, 15) is 0 Å². The molecule has 0 saturated heterocycles. The number of aryl methyl sites for hydroxylation is 1. The van der Waals surface area contributed by atoms with Crippen LogP contribution in [0, 0.1) is 0 Å². The first-order chi connectivity index (χ1) is 8.83. The minimum absolute atomic E-state index is 0.869. The molecule has 0 saturated carbocycles. The van der Waals surface area contributed by atoms with E-state index in [0.717, 1.165) is 38.2 Å². The number of anilines is 2. The molecule has 4 heteroatoms. The number of nitrogens with two attached hydrogens (primary N) is 1. The summed E-state index contributed by atoms with van der Waals surface area (Å²) in [5.74, 6) is 0. The van der Waals surface area contributed by atoms with Gasteiger partial charge in [-0.2, -0.15) is 0 Å². The number of nitrogens with zero attached hydrogens (tertiary/aromatic N) is 3. The van der Waals surface area contributed by atoms with Crippen molar-refractivity contribution in [1.82, 2.24) is 9.55 Å². The minimum atomic E-state index is 0.869. The van der Waals surface area contributed by atoms with Crippen molar-refractivity contribution in [2.45, 2.75) is 19.4 Å². The van der Waals surface area contributed by atoms with Gasteiger partial charge in [0, 0.05) is 43.4 Å². The molecule has 0 spiro atoms. The fourth-order valence-corrected chi connectivity index (χ4v) is 2.59. The van der Waals surface area contributed by atoms with E-state index < -0.39 is 0 Å². The third-order valence-corrected chi connectivity index (χ3v) is 3.50. The summed E-state index contributed by atoms with van der Waals surface area (Å²) in [5.41, 5.74) is 9.42. The average molecular weight is 242 g/mol. The van der Waals surface area contributed by atoms with Gasteiger partial charge in [0.15, 0.2) is 0 Å². The smallest absolute Gasteiger partial charge is 0.0945 e. The number of hydrogen-bond acceptors (Lipinski definition) is 3. The standard InChI is InChI=1S/C14H18N4/c15-13-2-3-14-12(10-13)4-8-18(14)7-1-6-17-9-5-16-11-17/h2-3,5,9-11H,1,4,6-8,15H2. The minimum Gasteiger partial charge on any atom is -0.399 e. The summed E-state index contributed by atoms with van der Waals surface area (Å²) in [4.78, 5) is 6.50. The van der Waals surface area contributed by atoms with E-state index in [-0.39, 0.29) is 0 Å². The SMILES string of the molecule is Nc1ccc2c(c1)CCN2CCCn1ccnc1. The summed E-state index contributed by atoms with van der Waals surface area (Å²) in [6, 6.07) is 6.24. The number of fused-ring (bicyclic) bond motifs is 1. The molecule has 0 fully saturated rings. The van der Waals surface area contributed by atoms with Gasteiger partial charge in [-0.3, -0.25) is 0 Å². The van der Waals surface area contributed by atoms with Gasteiger partial charge in [0.1, 0.15) is 0 Å². The van der Waals surface area contributed by atoms with Crippen LogP contribution in [0.1, 0.15) is 12.0 Å². The lowest BCUT2D eigenvalue weighted by molar-refractivity contribution is 0.629. The maximum absolute atomic E-state index is 5.81. The predicted octanol–water partition coefficient (Wildman–Crippen LogP) is 1.92. The number of nitrogen functional groups attached to an aromatic ring is 1. The zero-order chi connectivity index (χ0) is 12.4. The largest absolute Gasteiger partial charge is 0.399 e. The average Bonchev–Trinajstić information content (AvgIpc) is 2.99. The molecule has 2 N–H and O–H groups in total. The van der Waals surface area contributed by atoms with E-state index in [0.29, 0.717) is 0 Å². The van der Waals surface area contributed by atoms with E-state index >= 15 is 0 Å². The van der Waals surface area contributed by atoms with Crippen LogP contribution in [0.5, 0.6) is 0 Å². The zero-order valence-corrected chi connectivity index (χ0v) is 10.4. The highest BCUT2D eigenvalue weighted by Crippen LogP contribution is 2.29. The van der Waals surface area contributed by atoms with E-state index in [1.54, 1.807) is 0 Å². The normalized spacial score (nSPS) is 13.9. The second-order valence-corrected chi connectivity index (χ2v) is 4.78. The highest BCUT2D eigenvalue weighted by molar-refractivity contribution is 5.62. The van der Waals surface area contributed by atoms with Gasteiger partial charge < -0.3 is 15.2 Å². The Labute approximate surface area is 107 Å². The van der Waals surface area contributed by atoms with Crippen LogP contribution < -0.4 is 10.6 Å². The maximum Gasteiger partial charge on any atom is 0.0945 e. The van der Waals surface area contributed by atoms with Crippen molar-refractivity contribution >= 4 is 11.4 Å². The van der Waals surface area contributed by atoms with Crippen molar-refractivity contribution in [2.75, 3.05) is 23.7 Å². The molecule has 94 valence electrons. The van der Waals surface area contributed by atoms with Crippen LogP contribution in [0.25, 0.3) is 0 Å². The molecule has 1 aliphatic heterocycles. The van der Waals surface area contributed by atoms with Crippen molar-refractivity contribution < 1.29 is 0 Å². The van der Waals surface area contributed by atoms with Crippen LogP contribution in [-0.2, 0) is 13.0 Å². The molecule has 2 heterocycles. The highest BCUT2D eigenvalue weighted by atomic mass is 15.1. The molecule has 1 aromatic heterocycles. The molecule has 1 aliphatic rings. The molecule has 0 radical (unpaired) electrons. The number of rotatable bonds is 4. The lowest BCUT2D eigenvalue weighted by Gasteiger charge is -2.19.